The van der Waals surface area contributed by atoms with Crippen LogP contribution in [0.5, 0.6) is 0 Å². The second-order valence-corrected chi connectivity index (χ2v) is 7.97. The Morgan fingerprint density at radius 2 is 1.92 bits per heavy atom. The maximum Gasteiger partial charge on any atom is 0.235 e. The summed E-state index contributed by atoms with van der Waals surface area (Å²) < 4.78 is 1.70. The molecule has 8 heteroatoms. The van der Waals surface area contributed by atoms with Crippen molar-refractivity contribution in [2.45, 2.75) is 38.1 Å². The number of benzene rings is 1. The molecule has 1 amide bonds. The molecule has 1 aromatic carbocycles. The summed E-state index contributed by atoms with van der Waals surface area (Å²) in [6.45, 7) is 12.7. The van der Waals surface area contributed by atoms with Crippen LogP contribution in [0.2, 0.25) is 0 Å². The molecule has 0 aliphatic carbocycles. The third kappa shape index (κ3) is 4.07. The van der Waals surface area contributed by atoms with Crippen LogP contribution >= 0.6 is 11.8 Å². The van der Waals surface area contributed by atoms with E-state index in [1.165, 1.54) is 22.9 Å². The molecule has 1 aliphatic heterocycles. The van der Waals surface area contributed by atoms with E-state index in [0.717, 1.165) is 38.4 Å². The molecule has 1 atom stereocenters. The van der Waals surface area contributed by atoms with Gasteiger partial charge >= 0.3 is 0 Å². The van der Waals surface area contributed by atoms with Gasteiger partial charge in [-0.25, -0.2) is 0 Å². The molecular formula is C18H26N6OS. The maximum atomic E-state index is 12.8. The van der Waals surface area contributed by atoms with E-state index in [-0.39, 0.29) is 11.2 Å². The average molecular weight is 375 g/mol. The van der Waals surface area contributed by atoms with Gasteiger partial charge in [-0.2, -0.15) is 4.68 Å². The van der Waals surface area contributed by atoms with E-state index in [2.05, 4.69) is 53.3 Å². The summed E-state index contributed by atoms with van der Waals surface area (Å²) >= 11 is 1.41. The Morgan fingerprint density at radius 3 is 2.58 bits per heavy atom. The standard InChI is InChI=1S/C18H26N6OS/c1-5-22-8-10-23(11-9-22)17(25)15(4)26-18-19-20-21-24(18)16-7-6-13(2)14(3)12-16/h6-7,12,15H,5,8-11H2,1-4H3/t15-/m1/s1. The smallest absolute Gasteiger partial charge is 0.235 e. The molecule has 2 aromatic rings. The molecule has 2 heterocycles. The Kier molecular flexibility index (Phi) is 5.93. The highest BCUT2D eigenvalue weighted by molar-refractivity contribution is 8.00. The zero-order valence-electron chi connectivity index (χ0n) is 15.8. The predicted molar refractivity (Wildman–Crippen MR) is 103 cm³/mol. The zero-order valence-corrected chi connectivity index (χ0v) is 16.7. The highest BCUT2D eigenvalue weighted by Gasteiger charge is 2.26. The van der Waals surface area contributed by atoms with Crippen LogP contribution in [-0.2, 0) is 4.79 Å². The fourth-order valence-electron chi connectivity index (χ4n) is 3.02. The number of rotatable bonds is 5. The average Bonchev–Trinajstić information content (AvgIpc) is 3.11. The minimum absolute atomic E-state index is 0.153. The SMILES string of the molecule is CCN1CCN(C(=O)[C@@H](C)Sc2nnnn2-c2ccc(C)c(C)c2)CC1. The predicted octanol–water partition coefficient (Wildman–Crippen LogP) is 1.92. The Balaban J connectivity index is 1.68. The second-order valence-electron chi connectivity index (χ2n) is 6.66. The summed E-state index contributed by atoms with van der Waals surface area (Å²) in [4.78, 5) is 17.1. The number of nitrogens with zero attached hydrogens (tertiary/aromatic N) is 6. The van der Waals surface area contributed by atoms with Gasteiger partial charge in [0.25, 0.3) is 0 Å². The Labute approximate surface area is 158 Å². The lowest BCUT2D eigenvalue weighted by Gasteiger charge is -2.35. The molecule has 26 heavy (non-hydrogen) atoms. The van der Waals surface area contributed by atoms with E-state index >= 15 is 0 Å². The van der Waals surface area contributed by atoms with Crippen LogP contribution in [0.25, 0.3) is 5.69 Å². The third-order valence-electron chi connectivity index (χ3n) is 4.94. The van der Waals surface area contributed by atoms with E-state index in [1.807, 2.05) is 17.9 Å². The van der Waals surface area contributed by atoms with Gasteiger partial charge in [0.1, 0.15) is 0 Å². The summed E-state index contributed by atoms with van der Waals surface area (Å²) in [6.07, 6.45) is 0. The fraction of sp³-hybridized carbons (Fsp3) is 0.556. The van der Waals surface area contributed by atoms with Gasteiger partial charge in [0.2, 0.25) is 11.1 Å². The second kappa shape index (κ2) is 8.18. The Hall–Kier alpha value is -1.93. The van der Waals surface area contributed by atoms with E-state index in [9.17, 15) is 4.79 Å². The van der Waals surface area contributed by atoms with Crippen LogP contribution in [0, 0.1) is 13.8 Å². The normalized spacial score (nSPS) is 16.7. The van der Waals surface area contributed by atoms with Gasteiger partial charge in [-0.15, -0.1) is 5.10 Å². The van der Waals surface area contributed by atoms with E-state index < -0.39 is 0 Å². The number of piperazine rings is 1. The number of hydrogen-bond acceptors (Lipinski definition) is 6. The van der Waals surface area contributed by atoms with Crippen molar-refractivity contribution in [2.24, 2.45) is 0 Å². The summed E-state index contributed by atoms with van der Waals surface area (Å²) in [7, 11) is 0. The molecule has 3 rings (SSSR count). The first-order valence-corrected chi connectivity index (χ1v) is 9.91. The van der Waals surface area contributed by atoms with Gasteiger partial charge in [-0.05, 0) is 61.0 Å². The van der Waals surface area contributed by atoms with E-state index in [0.29, 0.717) is 5.16 Å². The van der Waals surface area contributed by atoms with Gasteiger partial charge in [0.05, 0.1) is 10.9 Å². The van der Waals surface area contributed by atoms with E-state index in [1.54, 1.807) is 4.68 Å². The van der Waals surface area contributed by atoms with Crippen LogP contribution in [0.1, 0.15) is 25.0 Å². The molecule has 0 N–H and O–H groups in total. The number of tetrazole rings is 1. The van der Waals surface area contributed by atoms with Crippen LogP contribution in [-0.4, -0.2) is 73.9 Å². The number of likely N-dealkylation sites (N-methyl/N-ethyl adjacent to an activating group) is 1. The van der Waals surface area contributed by atoms with Crippen LogP contribution in [0.4, 0.5) is 0 Å². The number of carbonyl (C=O) groups excluding carboxylic acids is 1. The quantitative estimate of drug-likeness (QED) is 0.745. The molecular weight excluding hydrogens is 348 g/mol. The molecule has 7 nitrogen and oxygen atoms in total. The Bertz CT molecular complexity index is 769. The van der Waals surface area contributed by atoms with Crippen LogP contribution in [0.3, 0.4) is 0 Å². The van der Waals surface area contributed by atoms with E-state index in [4.69, 9.17) is 0 Å². The number of amides is 1. The minimum Gasteiger partial charge on any atom is -0.339 e. The summed E-state index contributed by atoms with van der Waals surface area (Å²) in [5.41, 5.74) is 3.33. The molecule has 0 saturated carbocycles. The molecule has 0 bridgehead atoms. The van der Waals surface area contributed by atoms with Gasteiger partial charge in [-0.3, -0.25) is 4.79 Å². The number of hydrogen-bond donors (Lipinski definition) is 0. The summed E-state index contributed by atoms with van der Waals surface area (Å²) in [5, 5.41) is 12.5. The molecule has 1 aromatic heterocycles. The third-order valence-corrected chi connectivity index (χ3v) is 5.96. The Morgan fingerprint density at radius 1 is 1.19 bits per heavy atom. The van der Waals surface area contributed by atoms with Crippen molar-refractivity contribution < 1.29 is 4.79 Å². The van der Waals surface area contributed by atoms with Crippen molar-refractivity contribution in [3.63, 3.8) is 0 Å². The lowest BCUT2D eigenvalue weighted by atomic mass is 10.1. The summed E-state index contributed by atoms with van der Waals surface area (Å²) in [6, 6.07) is 6.12. The van der Waals surface area contributed by atoms with Gasteiger partial charge in [0, 0.05) is 26.2 Å². The largest absolute Gasteiger partial charge is 0.339 e. The molecule has 0 radical (unpaired) electrons. The van der Waals surface area contributed by atoms with Gasteiger partial charge < -0.3 is 9.80 Å². The highest BCUT2D eigenvalue weighted by Crippen LogP contribution is 2.25. The zero-order chi connectivity index (χ0) is 18.7. The number of aryl methyl sites for hydroxylation is 2. The van der Waals surface area contributed by atoms with Crippen molar-refractivity contribution in [2.75, 3.05) is 32.7 Å². The van der Waals surface area contributed by atoms with Crippen molar-refractivity contribution >= 4 is 17.7 Å². The monoisotopic (exact) mass is 374 g/mol. The molecule has 0 unspecified atom stereocenters. The lowest BCUT2D eigenvalue weighted by Crippen LogP contribution is -2.50. The molecule has 140 valence electrons. The first kappa shape index (κ1) is 18.8. The van der Waals surface area contributed by atoms with Crippen molar-refractivity contribution in [1.29, 1.82) is 0 Å². The number of aromatic nitrogens is 4. The van der Waals surface area contributed by atoms with Crippen molar-refractivity contribution in [1.82, 2.24) is 30.0 Å². The van der Waals surface area contributed by atoms with Crippen molar-refractivity contribution in [3.8, 4) is 5.69 Å². The summed E-state index contributed by atoms with van der Waals surface area (Å²) in [5.74, 6) is 0.153. The van der Waals surface area contributed by atoms with Gasteiger partial charge in [-0.1, -0.05) is 24.8 Å². The van der Waals surface area contributed by atoms with Crippen LogP contribution < -0.4 is 0 Å². The van der Waals surface area contributed by atoms with Crippen LogP contribution in [0.15, 0.2) is 23.4 Å². The first-order chi connectivity index (χ1) is 12.5. The number of carbonyl (C=O) groups is 1. The number of thioether (sulfide) groups is 1. The highest BCUT2D eigenvalue weighted by atomic mass is 32.2. The van der Waals surface area contributed by atoms with Crippen molar-refractivity contribution in [3.05, 3.63) is 29.3 Å². The topological polar surface area (TPSA) is 67.2 Å². The first-order valence-electron chi connectivity index (χ1n) is 9.03. The van der Waals surface area contributed by atoms with Gasteiger partial charge in [0.15, 0.2) is 0 Å². The molecule has 0 spiro atoms. The fourth-order valence-corrected chi connectivity index (χ4v) is 3.91. The lowest BCUT2D eigenvalue weighted by molar-refractivity contribution is -0.132. The minimum atomic E-state index is -0.223. The molecule has 1 saturated heterocycles. The molecule has 1 aliphatic rings. The maximum absolute atomic E-state index is 12.8. The molecule has 1 fully saturated rings.